The Bertz CT molecular complexity index is 1560. The third-order valence-electron chi connectivity index (χ3n) is 7.91. The van der Waals surface area contributed by atoms with E-state index in [0.717, 1.165) is 27.6 Å². The summed E-state index contributed by atoms with van der Waals surface area (Å²) in [6, 6.07) is 19.7. The zero-order valence-electron chi connectivity index (χ0n) is 21.5. The van der Waals surface area contributed by atoms with Crippen LogP contribution in [0.2, 0.25) is 0 Å². The number of ether oxygens (including phenoxy) is 2. The molecule has 0 aliphatic carbocycles. The van der Waals surface area contributed by atoms with Crippen LogP contribution in [-0.4, -0.2) is 53.9 Å². The number of amides is 2. The number of rotatable bonds is 5. The normalized spacial score (nSPS) is 20.9. The van der Waals surface area contributed by atoms with E-state index >= 15 is 0 Å². The highest BCUT2D eigenvalue weighted by Gasteiger charge is 2.56. The summed E-state index contributed by atoms with van der Waals surface area (Å²) < 4.78 is 24.8. The van der Waals surface area contributed by atoms with E-state index in [4.69, 9.17) is 9.47 Å². The maximum Gasteiger partial charge on any atom is 0.255 e. The molecule has 7 nitrogen and oxygen atoms in total. The molecule has 1 fully saturated rings. The van der Waals surface area contributed by atoms with Gasteiger partial charge in [0.05, 0.1) is 19.9 Å². The largest absolute Gasteiger partial charge is 0.493 e. The number of nitrogens with one attached hydrogen (secondary N) is 1. The minimum atomic E-state index is -1.23. The topological polar surface area (TPSA) is 74.9 Å². The number of hydrogen-bond acceptors (Lipinski definition) is 4. The summed E-state index contributed by atoms with van der Waals surface area (Å²) in [5.41, 5.74) is 2.97. The van der Waals surface area contributed by atoms with Crippen LogP contribution in [0.15, 0.2) is 66.7 Å². The molecule has 1 N–H and O–H groups in total. The van der Waals surface area contributed by atoms with Crippen molar-refractivity contribution in [2.24, 2.45) is 0 Å². The molecule has 194 valence electrons. The van der Waals surface area contributed by atoms with Crippen LogP contribution in [0.3, 0.4) is 0 Å². The fourth-order valence-corrected chi connectivity index (χ4v) is 6.08. The van der Waals surface area contributed by atoms with Crippen molar-refractivity contribution in [3.8, 4) is 11.5 Å². The summed E-state index contributed by atoms with van der Waals surface area (Å²) in [6.07, 6.45) is 0. The Morgan fingerprint density at radius 1 is 1.00 bits per heavy atom. The molecule has 3 aromatic carbocycles. The van der Waals surface area contributed by atoms with Crippen LogP contribution in [0.4, 0.5) is 4.39 Å². The first-order valence-corrected chi connectivity index (χ1v) is 12.5. The molecule has 4 aromatic rings. The molecule has 2 atom stereocenters. The van der Waals surface area contributed by atoms with Gasteiger partial charge in [0.15, 0.2) is 17.0 Å². The molecule has 0 saturated carbocycles. The number of H-pyrrole nitrogens is 1. The van der Waals surface area contributed by atoms with Gasteiger partial charge in [-0.25, -0.2) is 4.39 Å². The van der Waals surface area contributed by atoms with Crippen LogP contribution in [-0.2, 0) is 21.7 Å². The van der Waals surface area contributed by atoms with Gasteiger partial charge in [0.25, 0.3) is 5.91 Å². The Hall–Kier alpha value is -4.33. The molecule has 0 spiro atoms. The second kappa shape index (κ2) is 8.90. The maximum atomic E-state index is 14.2. The molecule has 3 heterocycles. The van der Waals surface area contributed by atoms with Crippen LogP contribution in [0.1, 0.15) is 35.2 Å². The standard InChI is InChI=1S/C30H28FN3O4/c1-30-28-26(21-7-4-5-9-23(21)32-28)22(20-8-6-10-24(37-2)27(20)38-3)16-34(30)25(35)17-33(29(30)36)15-18-11-13-19(31)14-12-18/h4-14,22,32H,15-17H2,1-3H3. The number of fused-ring (bicyclic) bond motifs is 5. The van der Waals surface area contributed by atoms with Gasteiger partial charge in [-0.2, -0.15) is 0 Å². The number of piperazine rings is 1. The van der Waals surface area contributed by atoms with Gasteiger partial charge in [-0.3, -0.25) is 9.59 Å². The Kier molecular flexibility index (Phi) is 5.63. The zero-order valence-corrected chi connectivity index (χ0v) is 21.5. The van der Waals surface area contributed by atoms with Crippen molar-refractivity contribution in [3.05, 3.63) is 94.9 Å². The maximum absolute atomic E-state index is 14.2. The van der Waals surface area contributed by atoms with Gasteiger partial charge < -0.3 is 24.3 Å². The molecular weight excluding hydrogens is 485 g/mol. The number of carbonyl (C=O) groups is 2. The van der Waals surface area contributed by atoms with E-state index in [1.54, 1.807) is 36.2 Å². The highest BCUT2D eigenvalue weighted by molar-refractivity contribution is 6.01. The number of halogens is 1. The number of aromatic amines is 1. The van der Waals surface area contributed by atoms with Crippen molar-refractivity contribution in [2.75, 3.05) is 27.3 Å². The summed E-state index contributed by atoms with van der Waals surface area (Å²) in [6.45, 7) is 2.29. The molecule has 2 aliphatic heterocycles. The minimum Gasteiger partial charge on any atom is -0.493 e. The van der Waals surface area contributed by atoms with E-state index in [2.05, 4.69) is 4.98 Å². The number of aromatic nitrogens is 1. The second-order valence-corrected chi connectivity index (χ2v) is 9.96. The lowest BCUT2D eigenvalue weighted by Gasteiger charge is -2.51. The van der Waals surface area contributed by atoms with Crippen molar-refractivity contribution >= 4 is 22.7 Å². The molecular formula is C30H28FN3O4. The lowest BCUT2D eigenvalue weighted by Crippen LogP contribution is -2.67. The highest BCUT2D eigenvalue weighted by Crippen LogP contribution is 2.50. The molecule has 1 saturated heterocycles. The third kappa shape index (κ3) is 3.47. The van der Waals surface area contributed by atoms with E-state index in [9.17, 15) is 14.0 Å². The number of benzene rings is 3. The van der Waals surface area contributed by atoms with Gasteiger partial charge in [0, 0.05) is 35.5 Å². The van der Waals surface area contributed by atoms with Crippen LogP contribution in [0.25, 0.3) is 10.9 Å². The fraction of sp³-hybridized carbons (Fsp3) is 0.267. The second-order valence-electron chi connectivity index (χ2n) is 9.96. The zero-order chi connectivity index (χ0) is 26.6. The fourth-order valence-electron chi connectivity index (χ4n) is 6.08. The Balaban J connectivity index is 1.52. The predicted molar refractivity (Wildman–Crippen MR) is 141 cm³/mol. The number of methoxy groups -OCH3 is 2. The van der Waals surface area contributed by atoms with E-state index in [-0.39, 0.29) is 36.6 Å². The molecule has 0 radical (unpaired) electrons. The quantitative estimate of drug-likeness (QED) is 0.425. The van der Waals surface area contributed by atoms with Crippen molar-refractivity contribution in [1.82, 2.24) is 14.8 Å². The predicted octanol–water partition coefficient (Wildman–Crippen LogP) is 4.56. The molecule has 2 unspecified atom stereocenters. The van der Waals surface area contributed by atoms with E-state index in [1.807, 2.05) is 49.4 Å². The van der Waals surface area contributed by atoms with Gasteiger partial charge >= 0.3 is 0 Å². The summed E-state index contributed by atoms with van der Waals surface area (Å²) >= 11 is 0. The summed E-state index contributed by atoms with van der Waals surface area (Å²) in [7, 11) is 3.20. The first-order valence-electron chi connectivity index (χ1n) is 12.5. The lowest BCUT2D eigenvalue weighted by atomic mass is 9.76. The first kappa shape index (κ1) is 24.0. The van der Waals surface area contributed by atoms with E-state index in [1.165, 1.54) is 12.1 Å². The SMILES string of the molecule is COc1cccc(C2CN3C(=O)CN(Cc4ccc(F)cc4)C(=O)C3(C)c3[nH]c4ccccc4c32)c1OC. The molecule has 8 heteroatoms. The van der Waals surface area contributed by atoms with Crippen LogP contribution < -0.4 is 9.47 Å². The van der Waals surface area contributed by atoms with Gasteiger partial charge in [-0.1, -0.05) is 42.5 Å². The van der Waals surface area contributed by atoms with Crippen molar-refractivity contribution in [1.29, 1.82) is 0 Å². The van der Waals surface area contributed by atoms with Gasteiger partial charge in [0.2, 0.25) is 5.91 Å². The van der Waals surface area contributed by atoms with Crippen molar-refractivity contribution in [3.63, 3.8) is 0 Å². The smallest absolute Gasteiger partial charge is 0.255 e. The number of hydrogen-bond donors (Lipinski definition) is 1. The molecule has 6 rings (SSSR count). The number of para-hydroxylation sites is 2. The van der Waals surface area contributed by atoms with E-state index in [0.29, 0.717) is 23.7 Å². The molecule has 0 bridgehead atoms. The third-order valence-corrected chi connectivity index (χ3v) is 7.91. The van der Waals surface area contributed by atoms with Crippen LogP contribution in [0, 0.1) is 5.82 Å². The summed E-state index contributed by atoms with van der Waals surface area (Å²) in [5.74, 6) is 0.289. The van der Waals surface area contributed by atoms with Gasteiger partial charge in [-0.05, 0) is 42.3 Å². The molecule has 38 heavy (non-hydrogen) atoms. The van der Waals surface area contributed by atoms with Crippen molar-refractivity contribution in [2.45, 2.75) is 24.9 Å². The highest BCUT2D eigenvalue weighted by atomic mass is 19.1. The van der Waals surface area contributed by atoms with Crippen LogP contribution in [0.5, 0.6) is 11.5 Å². The minimum absolute atomic E-state index is 0.0523. The Morgan fingerprint density at radius 3 is 2.50 bits per heavy atom. The summed E-state index contributed by atoms with van der Waals surface area (Å²) in [4.78, 5) is 34.7. The summed E-state index contributed by atoms with van der Waals surface area (Å²) in [5, 5.41) is 0.995. The Labute approximate surface area is 219 Å². The Morgan fingerprint density at radius 2 is 1.76 bits per heavy atom. The van der Waals surface area contributed by atoms with E-state index < -0.39 is 5.54 Å². The van der Waals surface area contributed by atoms with Gasteiger partial charge in [0.1, 0.15) is 12.4 Å². The van der Waals surface area contributed by atoms with Crippen LogP contribution >= 0.6 is 0 Å². The van der Waals surface area contributed by atoms with Crippen molar-refractivity contribution < 1.29 is 23.5 Å². The average molecular weight is 514 g/mol. The first-order chi connectivity index (χ1) is 18.4. The number of carbonyl (C=O) groups excluding carboxylic acids is 2. The molecule has 2 aliphatic rings. The lowest BCUT2D eigenvalue weighted by molar-refractivity contribution is -0.166. The number of nitrogens with zero attached hydrogens (tertiary/aromatic N) is 2. The monoisotopic (exact) mass is 513 g/mol. The molecule has 2 amide bonds. The average Bonchev–Trinajstić information content (AvgIpc) is 3.33. The molecule has 1 aromatic heterocycles. The van der Waals surface area contributed by atoms with Gasteiger partial charge in [-0.15, -0.1) is 0 Å².